The molecule has 0 N–H and O–H groups in total. The Labute approximate surface area is 132 Å². The smallest absolute Gasteiger partial charge is 0.465 e. The van der Waals surface area contributed by atoms with E-state index < -0.39 is 29.8 Å². The zero-order valence-corrected chi connectivity index (χ0v) is 11.8. The molecule has 2 nitrogen and oxygen atoms in total. The van der Waals surface area contributed by atoms with Crippen molar-refractivity contribution in [3.63, 3.8) is 0 Å². The maximum Gasteiger partial charge on any atom is 1.00 e. The van der Waals surface area contributed by atoms with Crippen molar-refractivity contribution in [3.8, 4) is 0 Å². The van der Waals surface area contributed by atoms with E-state index in [0.29, 0.717) is 18.2 Å². The van der Waals surface area contributed by atoms with Crippen molar-refractivity contribution in [1.29, 1.82) is 0 Å². The molecular weight excluding hydrogens is 254 g/mol. The first-order valence-electron chi connectivity index (χ1n) is 3.93. The molecule has 0 atom stereocenters. The van der Waals surface area contributed by atoms with Gasteiger partial charge in [-0.1, -0.05) is 12.1 Å². The number of carbonyl (C=O) groups excluding carboxylic acids is 1. The molecule has 82 valence electrons. The number of carbonyl (C=O) groups is 1. The summed E-state index contributed by atoms with van der Waals surface area (Å²) in [6.07, 6.45) is 0. The summed E-state index contributed by atoms with van der Waals surface area (Å²) in [5, 5.41) is 0. The van der Waals surface area contributed by atoms with E-state index in [1.165, 1.54) is 0 Å². The van der Waals surface area contributed by atoms with Crippen molar-refractivity contribution in [3.05, 3.63) is 29.6 Å². The third kappa shape index (κ3) is 4.17. The number of rotatable bonds is 2. The van der Waals surface area contributed by atoms with E-state index in [2.05, 4.69) is 4.74 Å². The summed E-state index contributed by atoms with van der Waals surface area (Å²) in [7, 11) is 1.01. The summed E-state index contributed by atoms with van der Waals surface area (Å²) in [5.41, 5.74) is -1.61. The molecule has 0 aliphatic carbocycles. The molecule has 0 radical (unpaired) electrons. The third-order valence-electron chi connectivity index (χ3n) is 1.72. The van der Waals surface area contributed by atoms with Crippen LogP contribution in [0.3, 0.4) is 0 Å². The molecule has 0 aromatic heterocycles. The van der Waals surface area contributed by atoms with Gasteiger partial charge in [0.05, 0.1) is 12.7 Å². The SMILES string of the molecule is COC(=O)c1cc(F)cc([B-](F)(F)F)c1.[K+]. The Morgan fingerprint density at radius 1 is 1.25 bits per heavy atom. The Balaban J connectivity index is 0.00000225. The Bertz CT molecular complexity index is 394. The maximum atomic E-state index is 12.8. The van der Waals surface area contributed by atoms with Crippen LogP contribution in [0.15, 0.2) is 18.2 Å². The van der Waals surface area contributed by atoms with Crippen LogP contribution >= 0.6 is 0 Å². The Hall–Kier alpha value is 0.111. The zero-order valence-electron chi connectivity index (χ0n) is 8.64. The second kappa shape index (κ2) is 6.15. The predicted octanol–water partition coefficient (Wildman–Crippen LogP) is -1.33. The molecule has 0 heterocycles. The van der Waals surface area contributed by atoms with Crippen molar-refractivity contribution in [1.82, 2.24) is 0 Å². The van der Waals surface area contributed by atoms with E-state index in [4.69, 9.17) is 0 Å². The Morgan fingerprint density at radius 2 is 1.81 bits per heavy atom. The number of ether oxygens (including phenoxy) is 1. The van der Waals surface area contributed by atoms with Gasteiger partial charge in [0.25, 0.3) is 0 Å². The van der Waals surface area contributed by atoms with Crippen LogP contribution in [0.1, 0.15) is 10.4 Å². The molecule has 1 aromatic carbocycles. The molecule has 0 unspecified atom stereocenters. The van der Waals surface area contributed by atoms with Crippen molar-refractivity contribution < 1.29 is 78.3 Å². The van der Waals surface area contributed by atoms with Crippen LogP contribution in [0.25, 0.3) is 0 Å². The molecule has 1 rings (SSSR count). The minimum Gasteiger partial charge on any atom is -0.465 e. The molecule has 0 aliphatic rings. The van der Waals surface area contributed by atoms with E-state index in [0.717, 1.165) is 7.11 Å². The molecule has 16 heavy (non-hydrogen) atoms. The van der Waals surface area contributed by atoms with Gasteiger partial charge in [-0.3, -0.25) is 0 Å². The fraction of sp³-hybridized carbons (Fsp3) is 0.125. The van der Waals surface area contributed by atoms with E-state index >= 15 is 0 Å². The molecular formula is C8H6BF4KO2. The average Bonchev–Trinajstić information content (AvgIpc) is 2.14. The molecule has 0 aliphatic heterocycles. The van der Waals surface area contributed by atoms with Crippen LogP contribution in [0.2, 0.25) is 0 Å². The minimum atomic E-state index is -5.33. The topological polar surface area (TPSA) is 26.3 Å². The van der Waals surface area contributed by atoms with Crippen LogP contribution in [-0.2, 0) is 4.74 Å². The molecule has 0 amide bonds. The zero-order chi connectivity index (χ0) is 11.6. The quantitative estimate of drug-likeness (QED) is 0.374. The van der Waals surface area contributed by atoms with Crippen molar-refractivity contribution in [2.75, 3.05) is 7.11 Å². The second-order valence-corrected chi connectivity index (χ2v) is 2.84. The Kier molecular flexibility index (Phi) is 6.20. The first kappa shape index (κ1) is 16.1. The van der Waals surface area contributed by atoms with Crippen LogP contribution < -0.4 is 56.8 Å². The van der Waals surface area contributed by atoms with Crippen molar-refractivity contribution in [2.45, 2.75) is 0 Å². The predicted molar refractivity (Wildman–Crippen MR) is 46.5 cm³/mol. The molecule has 0 saturated heterocycles. The van der Waals surface area contributed by atoms with E-state index in [9.17, 15) is 22.1 Å². The molecule has 8 heteroatoms. The second-order valence-electron chi connectivity index (χ2n) is 2.84. The van der Waals surface area contributed by atoms with E-state index in [-0.39, 0.29) is 51.4 Å². The summed E-state index contributed by atoms with van der Waals surface area (Å²) < 4.78 is 53.7. The third-order valence-corrected chi connectivity index (χ3v) is 1.72. The van der Waals surface area contributed by atoms with Crippen molar-refractivity contribution in [2.24, 2.45) is 0 Å². The number of benzene rings is 1. The van der Waals surface area contributed by atoms with E-state index in [1.807, 2.05) is 0 Å². The molecule has 0 bridgehead atoms. The van der Waals surface area contributed by atoms with Gasteiger partial charge < -0.3 is 17.7 Å². The van der Waals surface area contributed by atoms with Gasteiger partial charge in [-0.05, 0) is 6.07 Å². The number of hydrogen-bond acceptors (Lipinski definition) is 2. The monoisotopic (exact) mass is 260 g/mol. The molecule has 0 fully saturated rings. The summed E-state index contributed by atoms with van der Waals surface area (Å²) in [6, 6.07) is 1.60. The first-order chi connectivity index (χ1) is 6.84. The fourth-order valence-electron chi connectivity index (χ4n) is 1.04. The standard InChI is InChI=1S/C8H6BF4O2.K/c1-15-8(14)5-2-6(9(11,12)13)4-7(10)3-5;/h2-4H,1H3;/q-1;+1. The Morgan fingerprint density at radius 3 is 2.25 bits per heavy atom. The summed E-state index contributed by atoms with van der Waals surface area (Å²) >= 11 is 0. The largest absolute Gasteiger partial charge is 1.00 e. The van der Waals surface area contributed by atoms with Crippen LogP contribution in [0.4, 0.5) is 17.3 Å². The van der Waals surface area contributed by atoms with Gasteiger partial charge in [0.15, 0.2) is 0 Å². The van der Waals surface area contributed by atoms with Gasteiger partial charge in [-0.15, -0.1) is 5.46 Å². The molecule has 1 aromatic rings. The van der Waals surface area contributed by atoms with Gasteiger partial charge in [0, 0.05) is 0 Å². The summed E-state index contributed by atoms with van der Waals surface area (Å²) in [4.78, 5) is 10.9. The molecule has 0 saturated carbocycles. The summed E-state index contributed by atoms with van der Waals surface area (Å²) in [6.45, 7) is -5.33. The molecule has 0 spiro atoms. The average molecular weight is 260 g/mol. The van der Waals surface area contributed by atoms with Crippen LogP contribution in [0.5, 0.6) is 0 Å². The first-order valence-corrected chi connectivity index (χ1v) is 3.93. The minimum absolute atomic E-state index is 0. The number of methoxy groups -OCH3 is 1. The number of esters is 1. The maximum absolute atomic E-state index is 12.8. The normalized spacial score (nSPS) is 10.6. The van der Waals surface area contributed by atoms with Gasteiger partial charge in [-0.25, -0.2) is 9.18 Å². The summed E-state index contributed by atoms with van der Waals surface area (Å²) in [5.74, 6) is -2.12. The number of halogens is 4. The number of hydrogen-bond donors (Lipinski definition) is 0. The van der Waals surface area contributed by atoms with Gasteiger partial charge in [0.2, 0.25) is 0 Å². The van der Waals surface area contributed by atoms with Crippen molar-refractivity contribution >= 4 is 18.4 Å². The van der Waals surface area contributed by atoms with Crippen LogP contribution in [-0.4, -0.2) is 20.1 Å². The van der Waals surface area contributed by atoms with E-state index in [1.54, 1.807) is 0 Å². The van der Waals surface area contributed by atoms with Gasteiger partial charge in [0.1, 0.15) is 5.82 Å². The van der Waals surface area contributed by atoms with Crippen LogP contribution in [0, 0.1) is 5.82 Å². The fourth-order valence-corrected chi connectivity index (χ4v) is 1.04. The van der Waals surface area contributed by atoms with Gasteiger partial charge in [-0.2, -0.15) is 0 Å². The van der Waals surface area contributed by atoms with Gasteiger partial charge >= 0.3 is 64.3 Å².